The summed E-state index contributed by atoms with van der Waals surface area (Å²) in [4.78, 5) is 0.821. The summed E-state index contributed by atoms with van der Waals surface area (Å²) in [6.45, 7) is -0.131. The molecule has 0 saturated heterocycles. The highest BCUT2D eigenvalue weighted by Gasteiger charge is 2.26. The fourth-order valence-electron chi connectivity index (χ4n) is 1.80. The number of thiophene rings is 1. The maximum atomic E-state index is 12.6. The highest BCUT2D eigenvalue weighted by molar-refractivity contribution is 7.89. The Morgan fingerprint density at radius 3 is 2.62 bits per heavy atom. The molecule has 2 rings (SSSR count). The molecular weight excluding hydrogens is 353 g/mol. The molecule has 0 bridgehead atoms. The average Bonchev–Trinajstić information content (AvgIpc) is 2.93. The van der Waals surface area contributed by atoms with E-state index >= 15 is 0 Å². The minimum Gasteiger partial charge on any atom is -0.392 e. The molecule has 21 heavy (non-hydrogen) atoms. The Bertz CT molecular complexity index is 730. The van der Waals surface area contributed by atoms with E-state index in [1.165, 1.54) is 34.8 Å². The second kappa shape index (κ2) is 6.64. The van der Waals surface area contributed by atoms with Gasteiger partial charge in [-0.25, -0.2) is 8.42 Å². The Morgan fingerprint density at radius 1 is 1.33 bits per heavy atom. The van der Waals surface area contributed by atoms with Gasteiger partial charge in [0.2, 0.25) is 10.0 Å². The molecule has 0 spiro atoms. The fourth-order valence-corrected chi connectivity index (χ4v) is 4.68. The number of halogens is 2. The fraction of sp³-hybridized carbons (Fsp3) is 0.231. The van der Waals surface area contributed by atoms with Crippen molar-refractivity contribution in [3.8, 4) is 0 Å². The Kier molecular flexibility index (Phi) is 5.29. The summed E-state index contributed by atoms with van der Waals surface area (Å²) in [6, 6.07) is 6.46. The molecule has 4 nitrogen and oxygen atoms in total. The van der Waals surface area contributed by atoms with Crippen molar-refractivity contribution in [2.45, 2.75) is 18.0 Å². The van der Waals surface area contributed by atoms with E-state index in [1.54, 1.807) is 0 Å². The maximum absolute atomic E-state index is 12.6. The van der Waals surface area contributed by atoms with Gasteiger partial charge in [-0.2, -0.15) is 4.31 Å². The lowest BCUT2D eigenvalue weighted by molar-refractivity contribution is 0.281. The van der Waals surface area contributed by atoms with Gasteiger partial charge in [-0.1, -0.05) is 29.3 Å². The second-order valence-corrected chi connectivity index (χ2v) is 8.24. The quantitative estimate of drug-likeness (QED) is 0.883. The van der Waals surface area contributed by atoms with Crippen molar-refractivity contribution in [2.24, 2.45) is 0 Å². The van der Waals surface area contributed by atoms with Gasteiger partial charge in [0.1, 0.15) is 4.90 Å². The Labute approximate surface area is 137 Å². The number of hydrogen-bond acceptors (Lipinski definition) is 4. The smallest absolute Gasteiger partial charge is 0.244 e. The van der Waals surface area contributed by atoms with Crippen LogP contribution in [0.3, 0.4) is 0 Å². The zero-order valence-corrected chi connectivity index (χ0v) is 14.2. The van der Waals surface area contributed by atoms with Crippen LogP contribution in [0.5, 0.6) is 0 Å². The van der Waals surface area contributed by atoms with E-state index in [2.05, 4.69) is 0 Å². The van der Waals surface area contributed by atoms with Crippen molar-refractivity contribution in [3.63, 3.8) is 0 Å². The van der Waals surface area contributed by atoms with E-state index in [0.29, 0.717) is 0 Å². The largest absolute Gasteiger partial charge is 0.392 e. The molecule has 0 aliphatic heterocycles. The summed E-state index contributed by atoms with van der Waals surface area (Å²) in [6.07, 6.45) is 0. The summed E-state index contributed by atoms with van der Waals surface area (Å²) < 4.78 is 26.4. The molecule has 0 amide bonds. The summed E-state index contributed by atoms with van der Waals surface area (Å²) in [5.41, 5.74) is 0.285. The molecule has 0 saturated carbocycles. The minimum atomic E-state index is -3.79. The predicted octanol–water partition coefficient (Wildman–Crippen LogP) is 3.37. The molecule has 2 aromatic rings. The van der Waals surface area contributed by atoms with Gasteiger partial charge in [-0.05, 0) is 29.1 Å². The SMILES string of the molecule is CN(Cc1cccs1)S(=O)(=O)c1cc(Cl)cc(CO)c1Cl. The first-order chi connectivity index (χ1) is 9.86. The molecular formula is C13H13Cl2NO3S2. The molecule has 0 aliphatic carbocycles. The molecule has 0 atom stereocenters. The summed E-state index contributed by atoms with van der Waals surface area (Å²) in [5.74, 6) is 0. The van der Waals surface area contributed by atoms with Crippen LogP contribution in [-0.2, 0) is 23.2 Å². The molecule has 0 aliphatic rings. The van der Waals surface area contributed by atoms with E-state index in [-0.39, 0.29) is 33.7 Å². The highest BCUT2D eigenvalue weighted by atomic mass is 35.5. The van der Waals surface area contributed by atoms with Crippen LogP contribution in [0, 0.1) is 0 Å². The molecule has 0 unspecified atom stereocenters. The number of rotatable bonds is 5. The van der Waals surface area contributed by atoms with Gasteiger partial charge in [-0.15, -0.1) is 11.3 Å². The Balaban J connectivity index is 2.41. The molecule has 1 aromatic heterocycles. The Morgan fingerprint density at radius 2 is 2.05 bits per heavy atom. The summed E-state index contributed by atoms with van der Waals surface area (Å²) >= 11 is 13.4. The van der Waals surface area contributed by atoms with Crippen LogP contribution in [0.15, 0.2) is 34.5 Å². The molecule has 8 heteroatoms. The van der Waals surface area contributed by atoms with Crippen molar-refractivity contribution in [3.05, 3.63) is 50.1 Å². The topological polar surface area (TPSA) is 57.6 Å². The van der Waals surface area contributed by atoms with Crippen LogP contribution >= 0.6 is 34.5 Å². The molecule has 1 aromatic carbocycles. The first-order valence-electron chi connectivity index (χ1n) is 5.93. The third-order valence-corrected chi connectivity index (χ3v) is 6.36. The highest BCUT2D eigenvalue weighted by Crippen LogP contribution is 2.31. The molecule has 114 valence electrons. The zero-order chi connectivity index (χ0) is 15.6. The Hall–Kier alpha value is -0.630. The average molecular weight is 366 g/mol. The van der Waals surface area contributed by atoms with Crippen LogP contribution < -0.4 is 0 Å². The molecule has 0 radical (unpaired) electrons. The third kappa shape index (κ3) is 3.59. The van der Waals surface area contributed by atoms with Crippen molar-refractivity contribution in [2.75, 3.05) is 7.05 Å². The minimum absolute atomic E-state index is 0.0000652. The van der Waals surface area contributed by atoms with Crippen molar-refractivity contribution in [1.29, 1.82) is 0 Å². The normalized spacial score (nSPS) is 12.0. The standard InChI is InChI=1S/C13H13Cl2NO3S2/c1-16(7-11-3-2-4-20-11)21(18,19)12-6-10(14)5-9(8-17)13(12)15/h2-6,17H,7-8H2,1H3. The van der Waals surface area contributed by atoms with Gasteiger partial charge < -0.3 is 5.11 Å². The third-order valence-electron chi connectivity index (χ3n) is 2.90. The number of sulfonamides is 1. The summed E-state index contributed by atoms with van der Waals surface area (Å²) in [7, 11) is -2.31. The van der Waals surface area contributed by atoms with Crippen molar-refractivity contribution >= 4 is 44.6 Å². The van der Waals surface area contributed by atoms with Crippen LogP contribution in [-0.4, -0.2) is 24.9 Å². The van der Waals surface area contributed by atoms with E-state index in [1.807, 2.05) is 17.5 Å². The number of aliphatic hydroxyl groups is 1. The van der Waals surface area contributed by atoms with Crippen LogP contribution in [0.25, 0.3) is 0 Å². The lowest BCUT2D eigenvalue weighted by Gasteiger charge is -2.18. The summed E-state index contributed by atoms with van der Waals surface area (Å²) in [5, 5.41) is 11.3. The second-order valence-electron chi connectivity index (χ2n) is 4.38. The van der Waals surface area contributed by atoms with E-state index in [9.17, 15) is 13.5 Å². The molecule has 1 heterocycles. The van der Waals surface area contributed by atoms with Gasteiger partial charge >= 0.3 is 0 Å². The van der Waals surface area contributed by atoms with Crippen LogP contribution in [0.4, 0.5) is 0 Å². The maximum Gasteiger partial charge on any atom is 0.244 e. The zero-order valence-electron chi connectivity index (χ0n) is 11.1. The van der Waals surface area contributed by atoms with Gasteiger partial charge in [0, 0.05) is 23.5 Å². The van der Waals surface area contributed by atoms with E-state index in [4.69, 9.17) is 23.2 Å². The van der Waals surface area contributed by atoms with E-state index in [0.717, 1.165) is 4.88 Å². The number of benzene rings is 1. The molecule has 1 N–H and O–H groups in total. The van der Waals surface area contributed by atoms with Gasteiger partial charge in [0.05, 0.1) is 11.6 Å². The first kappa shape index (κ1) is 16.7. The number of nitrogens with zero attached hydrogens (tertiary/aromatic N) is 1. The van der Waals surface area contributed by atoms with Gasteiger partial charge in [0.25, 0.3) is 0 Å². The van der Waals surface area contributed by atoms with Crippen LogP contribution in [0.1, 0.15) is 10.4 Å². The van der Waals surface area contributed by atoms with Gasteiger partial charge in [0.15, 0.2) is 0 Å². The van der Waals surface area contributed by atoms with Crippen molar-refractivity contribution < 1.29 is 13.5 Å². The lowest BCUT2D eigenvalue weighted by atomic mass is 10.2. The predicted molar refractivity (Wildman–Crippen MR) is 85.4 cm³/mol. The lowest BCUT2D eigenvalue weighted by Crippen LogP contribution is -2.26. The number of aliphatic hydroxyl groups excluding tert-OH is 1. The number of hydrogen-bond donors (Lipinski definition) is 1. The van der Waals surface area contributed by atoms with Crippen LogP contribution in [0.2, 0.25) is 10.0 Å². The monoisotopic (exact) mass is 365 g/mol. The van der Waals surface area contributed by atoms with Gasteiger partial charge in [-0.3, -0.25) is 0 Å². The first-order valence-corrected chi connectivity index (χ1v) is 9.01. The van der Waals surface area contributed by atoms with E-state index < -0.39 is 10.0 Å². The van der Waals surface area contributed by atoms with Crippen molar-refractivity contribution in [1.82, 2.24) is 4.31 Å². The molecule has 0 fully saturated rings.